The second-order valence-electron chi connectivity index (χ2n) is 7.73. The van der Waals surface area contributed by atoms with Gasteiger partial charge in [-0.25, -0.2) is 4.98 Å². The maximum atomic E-state index is 12.6. The van der Waals surface area contributed by atoms with Gasteiger partial charge in [-0.2, -0.15) is 0 Å². The first-order chi connectivity index (χ1) is 14.4. The van der Waals surface area contributed by atoms with E-state index in [1.807, 2.05) is 56.3 Å². The first-order valence-corrected chi connectivity index (χ1v) is 10.3. The number of carbonyl (C=O) groups excluding carboxylic acids is 1. The smallest absolute Gasteiger partial charge is 0.259 e. The topological polar surface area (TPSA) is 77.2 Å². The van der Waals surface area contributed by atoms with Crippen LogP contribution < -0.4 is 15.8 Å². The van der Waals surface area contributed by atoms with Gasteiger partial charge in [0.2, 0.25) is 0 Å². The molecule has 0 aliphatic heterocycles. The highest BCUT2D eigenvalue weighted by Crippen LogP contribution is 2.28. The van der Waals surface area contributed by atoms with Crippen molar-refractivity contribution in [3.8, 4) is 11.5 Å². The van der Waals surface area contributed by atoms with Crippen LogP contribution in [0.25, 0.3) is 0 Å². The molecule has 3 aromatic rings. The zero-order valence-electron chi connectivity index (χ0n) is 18.0. The Morgan fingerprint density at radius 2 is 1.83 bits per heavy atom. The van der Waals surface area contributed by atoms with Crippen molar-refractivity contribution < 1.29 is 9.53 Å². The molecule has 30 heavy (non-hydrogen) atoms. The quantitative estimate of drug-likeness (QED) is 0.514. The number of aryl methyl sites for hydroxylation is 2. The molecule has 0 fully saturated rings. The van der Waals surface area contributed by atoms with E-state index < -0.39 is 0 Å². The average Bonchev–Trinajstić information content (AvgIpc) is 2.73. The number of ether oxygens (including phenoxy) is 1. The van der Waals surface area contributed by atoms with Gasteiger partial charge in [0.1, 0.15) is 17.3 Å². The van der Waals surface area contributed by atoms with E-state index in [-0.39, 0.29) is 11.7 Å². The third kappa shape index (κ3) is 5.17. The minimum atomic E-state index is -0.282. The Morgan fingerprint density at radius 3 is 2.53 bits per heavy atom. The normalized spacial score (nSPS) is 11.7. The van der Waals surface area contributed by atoms with Crippen LogP contribution in [0.5, 0.6) is 11.5 Å². The fraction of sp³-hybridized carbons (Fsp3) is 0.280. The number of hydrogen-bond donors (Lipinski definition) is 2. The molecule has 3 rings (SSSR count). The number of carbonyl (C=O) groups is 1. The van der Waals surface area contributed by atoms with Crippen molar-refractivity contribution in [3.63, 3.8) is 0 Å². The molecule has 0 saturated carbocycles. The molecule has 1 amide bonds. The zero-order chi connectivity index (χ0) is 21.7. The Morgan fingerprint density at radius 1 is 1.13 bits per heavy atom. The summed E-state index contributed by atoms with van der Waals surface area (Å²) in [7, 11) is 0. The molecular weight excluding hydrogens is 374 g/mol. The molecule has 0 spiro atoms. The van der Waals surface area contributed by atoms with Crippen molar-refractivity contribution >= 4 is 17.4 Å². The number of nitrogen functional groups attached to an aromatic ring is 1. The van der Waals surface area contributed by atoms with Crippen LogP contribution in [0.3, 0.4) is 0 Å². The third-order valence-electron chi connectivity index (χ3n) is 5.32. The molecule has 0 radical (unpaired) electrons. The molecule has 1 heterocycles. The molecule has 1 atom stereocenters. The number of benzene rings is 2. The summed E-state index contributed by atoms with van der Waals surface area (Å²) in [6.07, 6.45) is 2.11. The van der Waals surface area contributed by atoms with Gasteiger partial charge in [0.05, 0.1) is 5.56 Å². The molecule has 1 unspecified atom stereocenters. The van der Waals surface area contributed by atoms with Crippen LogP contribution in [0, 0.1) is 19.8 Å². The number of nitrogens with zero attached hydrogens (tertiary/aromatic N) is 1. The lowest BCUT2D eigenvalue weighted by molar-refractivity contribution is 0.102. The van der Waals surface area contributed by atoms with Crippen molar-refractivity contribution in [3.05, 3.63) is 77.0 Å². The first kappa shape index (κ1) is 21.4. The average molecular weight is 404 g/mol. The number of aromatic nitrogens is 1. The Bertz CT molecular complexity index is 1030. The van der Waals surface area contributed by atoms with E-state index in [0.717, 1.165) is 35.6 Å². The first-order valence-electron chi connectivity index (χ1n) is 10.3. The van der Waals surface area contributed by atoms with Crippen LogP contribution in [0.15, 0.2) is 54.6 Å². The number of hydrogen-bond acceptors (Lipinski definition) is 4. The summed E-state index contributed by atoms with van der Waals surface area (Å²) in [4.78, 5) is 16.8. The highest BCUT2D eigenvalue weighted by Gasteiger charge is 2.13. The zero-order valence-corrected chi connectivity index (χ0v) is 18.0. The molecule has 5 heteroatoms. The number of anilines is 2. The summed E-state index contributed by atoms with van der Waals surface area (Å²) < 4.78 is 6.10. The van der Waals surface area contributed by atoms with Gasteiger partial charge in [-0.3, -0.25) is 4.79 Å². The minimum Gasteiger partial charge on any atom is -0.457 e. The predicted molar refractivity (Wildman–Crippen MR) is 122 cm³/mol. The molecular formula is C25H29N3O2. The number of amides is 1. The largest absolute Gasteiger partial charge is 0.457 e. The maximum absolute atomic E-state index is 12.6. The summed E-state index contributed by atoms with van der Waals surface area (Å²) in [5, 5.41) is 2.87. The Balaban J connectivity index is 1.70. The van der Waals surface area contributed by atoms with Crippen molar-refractivity contribution in [2.24, 2.45) is 5.92 Å². The summed E-state index contributed by atoms with van der Waals surface area (Å²) in [6.45, 7) is 8.21. The number of rotatable bonds is 7. The SMILES string of the molecule is CCC(C)Cc1ccccc1Oc1ccc(NC(=O)c2cc(C)c(C)nc2N)cc1. The molecule has 1 aromatic heterocycles. The molecule has 0 bridgehead atoms. The molecule has 5 nitrogen and oxygen atoms in total. The van der Waals surface area contributed by atoms with Crippen molar-refractivity contribution in [1.29, 1.82) is 0 Å². The van der Waals surface area contributed by atoms with Crippen LogP contribution in [-0.2, 0) is 6.42 Å². The fourth-order valence-corrected chi connectivity index (χ4v) is 3.13. The minimum absolute atomic E-state index is 0.230. The van der Waals surface area contributed by atoms with E-state index in [4.69, 9.17) is 10.5 Å². The standard InChI is InChI=1S/C25H29N3O2/c1-5-16(2)14-19-8-6-7-9-23(19)30-21-12-10-20(11-13-21)28-25(29)22-15-17(3)18(4)27-24(22)26/h6-13,15-16H,5,14H2,1-4H3,(H2,26,27)(H,28,29). The third-order valence-corrected chi connectivity index (χ3v) is 5.32. The molecule has 0 aliphatic rings. The van der Waals surface area contributed by atoms with Gasteiger partial charge in [0.25, 0.3) is 5.91 Å². The van der Waals surface area contributed by atoms with Gasteiger partial charge in [-0.05, 0) is 73.7 Å². The van der Waals surface area contributed by atoms with Gasteiger partial charge in [-0.15, -0.1) is 0 Å². The second-order valence-corrected chi connectivity index (χ2v) is 7.73. The summed E-state index contributed by atoms with van der Waals surface area (Å²) >= 11 is 0. The van der Waals surface area contributed by atoms with Crippen LogP contribution in [-0.4, -0.2) is 10.9 Å². The number of nitrogens with one attached hydrogen (secondary N) is 1. The highest BCUT2D eigenvalue weighted by molar-refractivity contribution is 6.07. The lowest BCUT2D eigenvalue weighted by Crippen LogP contribution is -2.15. The molecule has 0 saturated heterocycles. The Hall–Kier alpha value is -3.34. The Labute approximate surface area is 178 Å². The fourth-order valence-electron chi connectivity index (χ4n) is 3.13. The maximum Gasteiger partial charge on any atom is 0.259 e. The van der Waals surface area contributed by atoms with E-state index in [1.54, 1.807) is 6.07 Å². The van der Waals surface area contributed by atoms with E-state index in [2.05, 4.69) is 30.2 Å². The van der Waals surface area contributed by atoms with Gasteiger partial charge < -0.3 is 15.8 Å². The monoisotopic (exact) mass is 403 g/mol. The number of nitrogens with two attached hydrogens (primary N) is 1. The van der Waals surface area contributed by atoms with Crippen LogP contribution >= 0.6 is 0 Å². The lowest BCUT2D eigenvalue weighted by atomic mass is 9.98. The van der Waals surface area contributed by atoms with Crippen LogP contribution in [0.2, 0.25) is 0 Å². The lowest BCUT2D eigenvalue weighted by Gasteiger charge is -2.14. The van der Waals surface area contributed by atoms with E-state index in [9.17, 15) is 4.79 Å². The van der Waals surface area contributed by atoms with Gasteiger partial charge in [0, 0.05) is 11.4 Å². The highest BCUT2D eigenvalue weighted by atomic mass is 16.5. The molecule has 0 aliphatic carbocycles. The van der Waals surface area contributed by atoms with E-state index in [0.29, 0.717) is 17.2 Å². The number of para-hydroxylation sites is 1. The summed E-state index contributed by atoms with van der Waals surface area (Å²) in [5.41, 5.74) is 9.90. The second kappa shape index (κ2) is 9.44. The van der Waals surface area contributed by atoms with Crippen molar-refractivity contribution in [2.45, 2.75) is 40.5 Å². The van der Waals surface area contributed by atoms with Crippen LogP contribution in [0.4, 0.5) is 11.5 Å². The predicted octanol–water partition coefficient (Wildman–Crippen LogP) is 5.91. The molecule has 3 N–H and O–H groups in total. The summed E-state index contributed by atoms with van der Waals surface area (Å²) in [6, 6.07) is 17.2. The van der Waals surface area contributed by atoms with Crippen LogP contribution in [0.1, 0.15) is 47.4 Å². The van der Waals surface area contributed by atoms with E-state index >= 15 is 0 Å². The Kier molecular flexibility index (Phi) is 6.72. The molecule has 2 aromatic carbocycles. The summed E-state index contributed by atoms with van der Waals surface area (Å²) in [5.74, 6) is 2.13. The van der Waals surface area contributed by atoms with Crippen molar-refractivity contribution in [1.82, 2.24) is 4.98 Å². The van der Waals surface area contributed by atoms with Gasteiger partial charge in [0.15, 0.2) is 0 Å². The molecule has 156 valence electrons. The van der Waals surface area contributed by atoms with Gasteiger partial charge in [-0.1, -0.05) is 38.5 Å². The number of pyridine rings is 1. The van der Waals surface area contributed by atoms with Crippen molar-refractivity contribution in [2.75, 3.05) is 11.1 Å². The van der Waals surface area contributed by atoms with Gasteiger partial charge >= 0.3 is 0 Å². The van der Waals surface area contributed by atoms with E-state index in [1.165, 1.54) is 5.56 Å².